The summed E-state index contributed by atoms with van der Waals surface area (Å²) < 4.78 is 0. The van der Waals surface area contributed by atoms with E-state index in [1.54, 1.807) is 12.2 Å². The Kier molecular flexibility index (Phi) is 1.49. The Bertz CT molecular complexity index is 189. The minimum atomic E-state index is -0.216. The molecule has 1 radical (unpaired) electrons. The lowest BCUT2D eigenvalue weighted by Gasteiger charge is -2.11. The largest absolute Gasteiger partial charge is 0.319 e. The van der Waals surface area contributed by atoms with Gasteiger partial charge in [-0.2, -0.15) is 0 Å². The van der Waals surface area contributed by atoms with Gasteiger partial charge in [0, 0.05) is 0 Å². The average Bonchev–Trinajstić information content (AvgIpc) is 1.83. The Labute approximate surface area is 54.6 Å². The number of hydrogen-bond donors (Lipinski definition) is 2. The molecule has 1 aliphatic carbocycles. The van der Waals surface area contributed by atoms with E-state index in [0.29, 0.717) is 5.71 Å². The summed E-state index contributed by atoms with van der Waals surface area (Å²) in [5, 5.41) is 7.32. The van der Waals surface area contributed by atoms with E-state index in [2.05, 4.69) is 6.08 Å². The number of nitrogens with two attached hydrogens (primary N) is 1. The van der Waals surface area contributed by atoms with Crippen LogP contribution in [0.2, 0.25) is 0 Å². The highest BCUT2D eigenvalue weighted by atomic mass is 14.7. The van der Waals surface area contributed by atoms with Crippen LogP contribution in [-0.2, 0) is 0 Å². The monoisotopic (exact) mass is 121 g/mol. The summed E-state index contributed by atoms with van der Waals surface area (Å²) in [5.41, 5.74) is 6.80. The molecule has 0 spiro atoms. The Morgan fingerprint density at radius 3 is 2.89 bits per heavy atom. The van der Waals surface area contributed by atoms with Crippen LogP contribution in [0, 0.1) is 11.5 Å². The fourth-order valence-corrected chi connectivity index (χ4v) is 0.701. The van der Waals surface area contributed by atoms with Crippen molar-refractivity contribution in [2.24, 2.45) is 5.73 Å². The summed E-state index contributed by atoms with van der Waals surface area (Å²) in [5.74, 6) is 0. The van der Waals surface area contributed by atoms with Crippen LogP contribution in [0.3, 0.4) is 0 Å². The Morgan fingerprint density at radius 1 is 1.78 bits per heavy atom. The first-order chi connectivity index (χ1) is 4.22. The molecule has 0 heterocycles. The van der Waals surface area contributed by atoms with Gasteiger partial charge >= 0.3 is 0 Å². The average molecular weight is 121 g/mol. The van der Waals surface area contributed by atoms with Crippen LogP contribution >= 0.6 is 0 Å². The number of nitrogens with one attached hydrogen (secondary N) is 1. The van der Waals surface area contributed by atoms with Gasteiger partial charge in [0.05, 0.1) is 11.8 Å². The number of allylic oxidation sites excluding steroid dienone is 2. The highest BCUT2D eigenvalue weighted by molar-refractivity contribution is 6.02. The van der Waals surface area contributed by atoms with Gasteiger partial charge in [0.2, 0.25) is 0 Å². The van der Waals surface area contributed by atoms with Crippen LogP contribution in [0.5, 0.6) is 0 Å². The van der Waals surface area contributed by atoms with Gasteiger partial charge in [0.15, 0.2) is 0 Å². The van der Waals surface area contributed by atoms with E-state index in [-0.39, 0.29) is 6.04 Å². The Morgan fingerprint density at radius 2 is 2.44 bits per heavy atom. The van der Waals surface area contributed by atoms with Crippen LogP contribution in [0.25, 0.3) is 0 Å². The van der Waals surface area contributed by atoms with E-state index in [1.807, 2.05) is 6.92 Å². The number of rotatable bonds is 0. The molecular weight excluding hydrogens is 112 g/mol. The standard InChI is InChI=1S/C7H9N2/c1-5-3-2-4-6(8)7(5)9/h2,4,6,9H,8H2,1H3. The molecule has 9 heavy (non-hydrogen) atoms. The molecule has 1 aliphatic rings. The third-order valence-electron chi connectivity index (χ3n) is 1.34. The van der Waals surface area contributed by atoms with Crippen LogP contribution in [-0.4, -0.2) is 11.8 Å². The first kappa shape index (κ1) is 6.23. The zero-order valence-corrected chi connectivity index (χ0v) is 5.31. The summed E-state index contributed by atoms with van der Waals surface area (Å²) in [4.78, 5) is 0. The van der Waals surface area contributed by atoms with Crippen molar-refractivity contribution < 1.29 is 0 Å². The maximum absolute atomic E-state index is 7.32. The quantitative estimate of drug-likeness (QED) is 0.485. The second-order valence-electron chi connectivity index (χ2n) is 2.07. The van der Waals surface area contributed by atoms with Gasteiger partial charge in [-0.3, -0.25) is 0 Å². The van der Waals surface area contributed by atoms with E-state index in [0.717, 1.165) is 5.57 Å². The van der Waals surface area contributed by atoms with Crippen LogP contribution < -0.4 is 5.73 Å². The van der Waals surface area contributed by atoms with Gasteiger partial charge in [-0.05, 0) is 18.6 Å². The highest BCUT2D eigenvalue weighted by Gasteiger charge is 2.09. The molecule has 0 amide bonds. The first-order valence-corrected chi connectivity index (χ1v) is 2.83. The Hall–Kier alpha value is -0.890. The van der Waals surface area contributed by atoms with Gasteiger partial charge < -0.3 is 11.1 Å². The van der Waals surface area contributed by atoms with E-state index < -0.39 is 0 Å². The fourth-order valence-electron chi connectivity index (χ4n) is 0.701. The molecule has 1 unspecified atom stereocenters. The second kappa shape index (κ2) is 2.15. The zero-order valence-electron chi connectivity index (χ0n) is 5.31. The van der Waals surface area contributed by atoms with Crippen LogP contribution in [0.1, 0.15) is 6.92 Å². The van der Waals surface area contributed by atoms with Gasteiger partial charge in [-0.1, -0.05) is 12.2 Å². The molecule has 1 rings (SSSR count). The molecule has 2 nitrogen and oxygen atoms in total. The normalized spacial score (nSPS) is 26.2. The summed E-state index contributed by atoms with van der Waals surface area (Å²) in [6, 6.07) is -0.216. The van der Waals surface area contributed by atoms with Crippen molar-refractivity contribution in [1.29, 1.82) is 5.41 Å². The van der Waals surface area contributed by atoms with Gasteiger partial charge in [-0.15, -0.1) is 0 Å². The van der Waals surface area contributed by atoms with Crippen LogP contribution in [0.4, 0.5) is 0 Å². The summed E-state index contributed by atoms with van der Waals surface area (Å²) in [6.45, 7) is 1.84. The molecule has 1 atom stereocenters. The lowest BCUT2D eigenvalue weighted by molar-refractivity contribution is 1.05. The first-order valence-electron chi connectivity index (χ1n) is 2.83. The second-order valence-corrected chi connectivity index (χ2v) is 2.07. The molecule has 0 aromatic rings. The van der Waals surface area contributed by atoms with E-state index in [9.17, 15) is 0 Å². The molecule has 0 saturated carbocycles. The van der Waals surface area contributed by atoms with Crippen molar-refractivity contribution in [1.82, 2.24) is 0 Å². The summed E-state index contributed by atoms with van der Waals surface area (Å²) >= 11 is 0. The lowest BCUT2D eigenvalue weighted by Crippen LogP contribution is -2.29. The van der Waals surface area contributed by atoms with Gasteiger partial charge in [0.25, 0.3) is 0 Å². The summed E-state index contributed by atoms with van der Waals surface area (Å²) in [6.07, 6.45) is 6.41. The third kappa shape index (κ3) is 1.08. The molecule has 0 bridgehead atoms. The molecule has 2 heteroatoms. The zero-order chi connectivity index (χ0) is 6.85. The molecule has 0 aromatic carbocycles. The lowest BCUT2D eigenvalue weighted by atomic mass is 10.0. The van der Waals surface area contributed by atoms with E-state index in [4.69, 9.17) is 11.1 Å². The molecular formula is C7H9N2. The molecule has 47 valence electrons. The summed E-state index contributed by atoms with van der Waals surface area (Å²) in [7, 11) is 0. The van der Waals surface area contributed by atoms with Gasteiger partial charge in [0.1, 0.15) is 0 Å². The van der Waals surface area contributed by atoms with Crippen molar-refractivity contribution in [2.75, 3.05) is 0 Å². The SMILES string of the molecule is CC1=[C]C=CC(N)C1=N. The fraction of sp³-hybridized carbons (Fsp3) is 0.286. The molecule has 0 saturated heterocycles. The number of hydrogen-bond acceptors (Lipinski definition) is 2. The van der Waals surface area contributed by atoms with Crippen molar-refractivity contribution >= 4 is 5.71 Å². The Balaban J connectivity index is 2.86. The topological polar surface area (TPSA) is 49.9 Å². The van der Waals surface area contributed by atoms with E-state index >= 15 is 0 Å². The van der Waals surface area contributed by atoms with Crippen LogP contribution in [0.15, 0.2) is 17.7 Å². The molecule has 3 N–H and O–H groups in total. The maximum Gasteiger partial charge on any atom is 0.0655 e. The minimum absolute atomic E-state index is 0.216. The highest BCUT2D eigenvalue weighted by Crippen LogP contribution is 2.04. The van der Waals surface area contributed by atoms with Crippen molar-refractivity contribution in [3.8, 4) is 0 Å². The third-order valence-corrected chi connectivity index (χ3v) is 1.34. The van der Waals surface area contributed by atoms with Crippen molar-refractivity contribution in [3.05, 3.63) is 23.8 Å². The van der Waals surface area contributed by atoms with E-state index in [1.165, 1.54) is 0 Å². The molecule has 0 aromatic heterocycles. The predicted molar refractivity (Wildman–Crippen MR) is 37.3 cm³/mol. The van der Waals surface area contributed by atoms with Crippen molar-refractivity contribution in [3.63, 3.8) is 0 Å². The minimum Gasteiger partial charge on any atom is -0.319 e. The van der Waals surface area contributed by atoms with Crippen molar-refractivity contribution in [2.45, 2.75) is 13.0 Å². The predicted octanol–water partition coefficient (Wildman–Crippen LogP) is 0.653. The smallest absolute Gasteiger partial charge is 0.0655 e. The van der Waals surface area contributed by atoms with Gasteiger partial charge in [-0.25, -0.2) is 0 Å². The maximum atomic E-state index is 7.32. The molecule has 0 fully saturated rings. The molecule has 0 aliphatic heterocycles.